The van der Waals surface area contributed by atoms with Gasteiger partial charge in [-0.05, 0) is 37.6 Å². The molecule has 144 valence electrons. The van der Waals surface area contributed by atoms with Gasteiger partial charge in [0, 0.05) is 36.5 Å². The molecule has 4 nitrogen and oxygen atoms in total. The van der Waals surface area contributed by atoms with Crippen molar-refractivity contribution in [3.63, 3.8) is 0 Å². The first-order valence-corrected chi connectivity index (χ1v) is 9.48. The van der Waals surface area contributed by atoms with Gasteiger partial charge in [-0.1, -0.05) is 17.7 Å². The Morgan fingerprint density at radius 2 is 2.07 bits per heavy atom. The first kappa shape index (κ1) is 19.9. The summed E-state index contributed by atoms with van der Waals surface area (Å²) in [7, 11) is 0. The second kappa shape index (κ2) is 8.02. The van der Waals surface area contributed by atoms with Crippen molar-refractivity contribution in [2.24, 2.45) is 0 Å². The van der Waals surface area contributed by atoms with Gasteiger partial charge < -0.3 is 10.2 Å². The number of carbonyl (C=O) groups excluding carboxylic acids is 1. The summed E-state index contributed by atoms with van der Waals surface area (Å²) in [4.78, 5) is 19.8. The number of halogens is 3. The summed E-state index contributed by atoms with van der Waals surface area (Å²) in [6.45, 7) is 2.27. The topological polar surface area (TPSA) is 45.2 Å². The third-order valence-electron chi connectivity index (χ3n) is 4.50. The highest BCUT2D eigenvalue weighted by Crippen LogP contribution is 2.32. The number of anilines is 2. The minimum atomic E-state index is -2.69. The standard InChI is InChI=1S/C19H20ClF2N3OS/c1-12-16(20)11-15(18(26)24-13-4-2-5-14(27)10-13)17(23-12)25-8-3-6-19(21,22)7-9-25/h2,4-5,10-11,27H,3,6-9H2,1H3,(H,24,26). The van der Waals surface area contributed by atoms with Crippen LogP contribution in [-0.4, -0.2) is 29.9 Å². The quantitative estimate of drug-likeness (QED) is 0.681. The van der Waals surface area contributed by atoms with Crippen LogP contribution in [0.5, 0.6) is 0 Å². The van der Waals surface area contributed by atoms with Crippen LogP contribution in [0, 0.1) is 6.92 Å². The van der Waals surface area contributed by atoms with E-state index >= 15 is 0 Å². The Bertz CT molecular complexity index is 863. The first-order chi connectivity index (χ1) is 12.7. The number of aromatic nitrogens is 1. The Morgan fingerprint density at radius 1 is 1.30 bits per heavy atom. The maximum atomic E-state index is 13.7. The molecule has 0 bridgehead atoms. The van der Waals surface area contributed by atoms with Gasteiger partial charge in [-0.3, -0.25) is 4.79 Å². The molecule has 27 heavy (non-hydrogen) atoms. The van der Waals surface area contributed by atoms with Gasteiger partial charge in [0.2, 0.25) is 5.92 Å². The molecule has 0 aliphatic carbocycles. The molecule has 0 saturated carbocycles. The Kier molecular flexibility index (Phi) is 5.91. The van der Waals surface area contributed by atoms with E-state index < -0.39 is 11.8 Å². The van der Waals surface area contributed by atoms with E-state index in [0.29, 0.717) is 40.1 Å². The lowest BCUT2D eigenvalue weighted by Crippen LogP contribution is -2.29. The lowest BCUT2D eigenvalue weighted by atomic mass is 10.1. The predicted octanol–water partition coefficient (Wildman–Crippen LogP) is 5.21. The number of alkyl halides is 2. The number of hydrogen-bond acceptors (Lipinski definition) is 4. The van der Waals surface area contributed by atoms with Crippen molar-refractivity contribution in [2.75, 3.05) is 23.3 Å². The van der Waals surface area contributed by atoms with Crippen molar-refractivity contribution >= 4 is 41.6 Å². The Hall–Kier alpha value is -1.86. The third-order valence-corrected chi connectivity index (χ3v) is 5.16. The number of nitrogens with zero attached hydrogens (tertiary/aromatic N) is 2. The molecule has 1 saturated heterocycles. The summed E-state index contributed by atoms with van der Waals surface area (Å²) >= 11 is 10.4. The van der Waals surface area contributed by atoms with Gasteiger partial charge in [-0.15, -0.1) is 12.6 Å². The summed E-state index contributed by atoms with van der Waals surface area (Å²) in [5.41, 5.74) is 1.40. The number of thiol groups is 1. The molecule has 2 aromatic rings. The van der Waals surface area contributed by atoms with E-state index in [1.54, 1.807) is 42.2 Å². The normalized spacial score (nSPS) is 16.7. The van der Waals surface area contributed by atoms with Gasteiger partial charge >= 0.3 is 0 Å². The van der Waals surface area contributed by atoms with Crippen LogP contribution in [-0.2, 0) is 0 Å². The molecule has 0 radical (unpaired) electrons. The van der Waals surface area contributed by atoms with Crippen LogP contribution >= 0.6 is 24.2 Å². The smallest absolute Gasteiger partial charge is 0.259 e. The molecule has 3 rings (SSSR count). The van der Waals surface area contributed by atoms with E-state index in [2.05, 4.69) is 22.9 Å². The highest BCUT2D eigenvalue weighted by atomic mass is 35.5. The van der Waals surface area contributed by atoms with Crippen molar-refractivity contribution in [2.45, 2.75) is 37.0 Å². The van der Waals surface area contributed by atoms with Crippen molar-refractivity contribution in [1.82, 2.24) is 4.98 Å². The number of nitrogens with one attached hydrogen (secondary N) is 1. The van der Waals surface area contributed by atoms with Crippen LogP contribution in [0.25, 0.3) is 0 Å². The number of hydrogen-bond donors (Lipinski definition) is 2. The molecule has 1 N–H and O–H groups in total. The zero-order valence-corrected chi connectivity index (χ0v) is 16.5. The molecule has 1 aromatic heterocycles. The first-order valence-electron chi connectivity index (χ1n) is 8.65. The molecule has 1 aliphatic rings. The molecule has 1 amide bonds. The van der Waals surface area contributed by atoms with Gasteiger partial charge in [0.25, 0.3) is 5.91 Å². The number of carbonyl (C=O) groups is 1. The second-order valence-corrected chi connectivity index (χ2v) is 7.55. The van der Waals surface area contributed by atoms with E-state index in [1.165, 1.54) is 0 Å². The van der Waals surface area contributed by atoms with Gasteiger partial charge in [-0.25, -0.2) is 13.8 Å². The second-order valence-electron chi connectivity index (χ2n) is 6.63. The minimum Gasteiger partial charge on any atom is -0.356 e. The highest BCUT2D eigenvalue weighted by molar-refractivity contribution is 7.80. The number of aryl methyl sites for hydroxylation is 1. The number of rotatable bonds is 3. The van der Waals surface area contributed by atoms with Crippen LogP contribution in [0.15, 0.2) is 35.2 Å². The molecule has 0 unspecified atom stereocenters. The Balaban J connectivity index is 1.92. The predicted molar refractivity (Wildman–Crippen MR) is 107 cm³/mol. The average Bonchev–Trinajstić information content (AvgIpc) is 2.77. The monoisotopic (exact) mass is 411 g/mol. The molecule has 0 spiro atoms. The Labute approximate surface area is 167 Å². The van der Waals surface area contributed by atoms with Crippen LogP contribution in [0.1, 0.15) is 35.3 Å². The third kappa shape index (κ3) is 4.90. The highest BCUT2D eigenvalue weighted by Gasteiger charge is 2.33. The van der Waals surface area contributed by atoms with Crippen molar-refractivity contribution in [1.29, 1.82) is 0 Å². The summed E-state index contributed by atoms with van der Waals surface area (Å²) in [5, 5.41) is 3.15. The fraction of sp³-hybridized carbons (Fsp3) is 0.368. The van der Waals surface area contributed by atoms with E-state index in [-0.39, 0.29) is 24.9 Å². The summed E-state index contributed by atoms with van der Waals surface area (Å²) in [6.07, 6.45) is -0.0927. The number of pyridine rings is 1. The molecule has 1 aliphatic heterocycles. The maximum absolute atomic E-state index is 13.7. The van der Waals surface area contributed by atoms with Crippen LogP contribution in [0.3, 0.4) is 0 Å². The Morgan fingerprint density at radius 3 is 2.81 bits per heavy atom. The zero-order valence-electron chi connectivity index (χ0n) is 14.8. The maximum Gasteiger partial charge on any atom is 0.259 e. The summed E-state index contributed by atoms with van der Waals surface area (Å²) in [5.74, 6) is -2.70. The van der Waals surface area contributed by atoms with Crippen LogP contribution in [0.4, 0.5) is 20.3 Å². The fourth-order valence-corrected chi connectivity index (χ4v) is 3.41. The fourth-order valence-electron chi connectivity index (χ4n) is 3.03. The van der Waals surface area contributed by atoms with E-state index in [1.807, 2.05) is 0 Å². The van der Waals surface area contributed by atoms with Crippen molar-refractivity contribution < 1.29 is 13.6 Å². The molecule has 1 aromatic carbocycles. The van der Waals surface area contributed by atoms with Crippen molar-refractivity contribution in [3.8, 4) is 0 Å². The SMILES string of the molecule is Cc1nc(N2CCCC(F)(F)CC2)c(C(=O)Nc2cccc(S)c2)cc1Cl. The average molecular weight is 412 g/mol. The number of benzene rings is 1. The van der Waals surface area contributed by atoms with Crippen molar-refractivity contribution in [3.05, 3.63) is 46.6 Å². The molecular formula is C19H20ClF2N3OS. The van der Waals surface area contributed by atoms with E-state index in [0.717, 1.165) is 0 Å². The summed E-state index contributed by atoms with van der Waals surface area (Å²) in [6, 6.07) is 8.58. The van der Waals surface area contributed by atoms with E-state index in [9.17, 15) is 13.6 Å². The zero-order chi connectivity index (χ0) is 19.6. The van der Waals surface area contributed by atoms with Gasteiger partial charge in [0.15, 0.2) is 0 Å². The molecule has 8 heteroatoms. The van der Waals surface area contributed by atoms with Gasteiger partial charge in [-0.2, -0.15) is 0 Å². The minimum absolute atomic E-state index is 0.132. The molecule has 0 atom stereocenters. The largest absolute Gasteiger partial charge is 0.356 e. The lowest BCUT2D eigenvalue weighted by Gasteiger charge is -2.24. The van der Waals surface area contributed by atoms with E-state index in [4.69, 9.17) is 11.6 Å². The molecule has 1 fully saturated rings. The lowest BCUT2D eigenvalue weighted by molar-refractivity contribution is -0.0102. The van der Waals surface area contributed by atoms with Crippen LogP contribution < -0.4 is 10.2 Å². The molecule has 2 heterocycles. The number of amides is 1. The molecular weight excluding hydrogens is 392 g/mol. The van der Waals surface area contributed by atoms with Gasteiger partial charge in [0.1, 0.15) is 5.82 Å². The van der Waals surface area contributed by atoms with Crippen LogP contribution in [0.2, 0.25) is 5.02 Å². The van der Waals surface area contributed by atoms with Gasteiger partial charge in [0.05, 0.1) is 16.3 Å². The summed E-state index contributed by atoms with van der Waals surface area (Å²) < 4.78 is 27.5.